The zero-order valence-electron chi connectivity index (χ0n) is 46.7. The SMILES string of the molecule is Cc1ccc(N(c2ccc(C)cc2)c2c3nc(c(N(c4ccc(C)cc4)c4ccc(C)cc4)c4ccc([nH]4)c(N(c4ccc(C)cc4)c4ccc(C)cc4)c4nc(c(C#Cc5ccc(/C=C(/C#N)C(=O)O)o5)c5ccc2[nH]5)C=C4)C=C3)cc1. The van der Waals surface area contributed by atoms with Gasteiger partial charge < -0.3 is 34.2 Å². The predicted molar refractivity (Wildman–Crippen MR) is 337 cm³/mol. The number of H-pyrrole nitrogens is 2. The van der Waals surface area contributed by atoms with Gasteiger partial charge in [-0.15, -0.1) is 0 Å². The number of anilines is 9. The third-order valence-corrected chi connectivity index (χ3v) is 14.7. The van der Waals surface area contributed by atoms with E-state index < -0.39 is 11.5 Å². The highest BCUT2D eigenvalue weighted by atomic mass is 16.4. The van der Waals surface area contributed by atoms with Gasteiger partial charge in [-0.05, 0) is 181 Å². The number of furan rings is 1. The minimum Gasteiger partial charge on any atom is -0.477 e. The topological polar surface area (TPSA) is 141 Å². The van der Waals surface area contributed by atoms with Gasteiger partial charge in [0.1, 0.15) is 17.4 Å². The van der Waals surface area contributed by atoms with Crippen molar-refractivity contribution in [3.05, 3.63) is 261 Å². The Labute approximate surface area is 481 Å². The Bertz CT molecular complexity index is 4290. The molecule has 3 N–H and O–H groups in total. The van der Waals surface area contributed by atoms with Gasteiger partial charge in [-0.2, -0.15) is 5.26 Å². The molecule has 0 saturated carbocycles. The van der Waals surface area contributed by atoms with Crippen LogP contribution in [0.15, 0.2) is 192 Å². The maximum atomic E-state index is 11.8. The van der Waals surface area contributed by atoms with Gasteiger partial charge in [0.15, 0.2) is 5.76 Å². The monoisotopic (exact) mass is 1080 g/mol. The van der Waals surface area contributed by atoms with E-state index in [2.05, 4.69) is 254 Å². The molecular weight excluding hydrogens is 1020 g/mol. The molecule has 6 heterocycles. The Hall–Kier alpha value is -11.1. The molecule has 10 aromatic rings. The predicted octanol–water partition coefficient (Wildman–Crippen LogP) is 17.9. The highest BCUT2D eigenvalue weighted by Crippen LogP contribution is 2.46. The highest BCUT2D eigenvalue weighted by Gasteiger charge is 2.26. The smallest absolute Gasteiger partial charge is 0.346 e. The number of nitriles is 1. The number of carboxylic acid groups (broad SMARTS) is 1. The molecule has 2 aliphatic rings. The Morgan fingerprint density at radius 1 is 0.434 bits per heavy atom. The molecule has 0 amide bonds. The molecule has 0 unspecified atom stereocenters. The van der Waals surface area contributed by atoms with E-state index in [-0.39, 0.29) is 11.5 Å². The van der Waals surface area contributed by atoms with Crippen molar-refractivity contribution in [1.82, 2.24) is 19.9 Å². The first-order valence-corrected chi connectivity index (χ1v) is 27.3. The minimum absolute atomic E-state index is 0.179. The first-order valence-electron chi connectivity index (χ1n) is 27.3. The molecule has 8 bridgehead atoms. The zero-order valence-corrected chi connectivity index (χ0v) is 46.7. The molecule has 11 heteroatoms. The van der Waals surface area contributed by atoms with Gasteiger partial charge >= 0.3 is 5.97 Å². The van der Waals surface area contributed by atoms with E-state index in [0.29, 0.717) is 28.2 Å². The molecule has 0 fully saturated rings. The second kappa shape index (κ2) is 22.2. The summed E-state index contributed by atoms with van der Waals surface area (Å²) in [6.07, 6.45) is 9.41. The van der Waals surface area contributed by atoms with E-state index in [1.165, 1.54) is 6.08 Å². The van der Waals surface area contributed by atoms with Crippen LogP contribution < -0.4 is 14.7 Å². The molecule has 6 aromatic carbocycles. The third kappa shape index (κ3) is 10.7. The third-order valence-electron chi connectivity index (χ3n) is 14.7. The van der Waals surface area contributed by atoms with Gasteiger partial charge in [-0.1, -0.05) is 112 Å². The fourth-order valence-corrected chi connectivity index (χ4v) is 10.3. The molecule has 2 aliphatic heterocycles. The van der Waals surface area contributed by atoms with E-state index in [1.54, 1.807) is 18.2 Å². The molecule has 12 rings (SSSR count). The summed E-state index contributed by atoms with van der Waals surface area (Å²) in [6, 6.07) is 64.6. The van der Waals surface area contributed by atoms with E-state index in [4.69, 9.17) is 14.4 Å². The first kappa shape index (κ1) is 52.6. The molecule has 0 atom stereocenters. The number of benzene rings is 6. The van der Waals surface area contributed by atoms with Gasteiger partial charge in [0.05, 0.1) is 67.5 Å². The summed E-state index contributed by atoms with van der Waals surface area (Å²) in [7, 11) is 0. The fraction of sp³-hybridized carbons (Fsp3) is 0.0833. The maximum absolute atomic E-state index is 11.8. The summed E-state index contributed by atoms with van der Waals surface area (Å²) in [6.45, 7) is 12.6. The van der Waals surface area contributed by atoms with E-state index in [0.717, 1.165) is 107 Å². The molecule has 0 radical (unpaired) electrons. The molecule has 11 nitrogen and oxygen atoms in total. The van der Waals surface area contributed by atoms with Crippen molar-refractivity contribution in [2.75, 3.05) is 14.7 Å². The number of carbonyl (C=O) groups is 1. The number of aromatic nitrogens is 4. The van der Waals surface area contributed by atoms with Crippen LogP contribution in [-0.2, 0) is 4.79 Å². The van der Waals surface area contributed by atoms with Gasteiger partial charge in [-0.25, -0.2) is 14.8 Å². The van der Waals surface area contributed by atoms with Crippen LogP contribution in [0.25, 0.3) is 52.4 Å². The van der Waals surface area contributed by atoms with Crippen LogP contribution in [0.1, 0.15) is 73.2 Å². The molecule has 0 saturated heterocycles. The summed E-state index contributed by atoms with van der Waals surface area (Å²) in [5.41, 5.74) is 20.6. The lowest BCUT2D eigenvalue weighted by molar-refractivity contribution is -0.132. The summed E-state index contributed by atoms with van der Waals surface area (Å²) in [5.74, 6) is 5.73. The number of nitrogens with one attached hydrogen (secondary N) is 2. The Kier molecular flexibility index (Phi) is 14.0. The Morgan fingerprint density at radius 3 is 1.08 bits per heavy atom. The second-order valence-corrected chi connectivity index (χ2v) is 20.9. The number of rotatable bonds is 11. The van der Waals surface area contributed by atoms with Crippen molar-refractivity contribution >= 4 is 110 Å². The first-order chi connectivity index (χ1) is 40.3. The molecule has 4 aromatic heterocycles. The van der Waals surface area contributed by atoms with Crippen molar-refractivity contribution in [2.45, 2.75) is 41.5 Å². The highest BCUT2D eigenvalue weighted by molar-refractivity contribution is 6.01. The van der Waals surface area contributed by atoms with Crippen LogP contribution in [0, 0.1) is 64.7 Å². The Morgan fingerprint density at radius 2 is 0.747 bits per heavy atom. The van der Waals surface area contributed by atoms with Crippen LogP contribution in [0.5, 0.6) is 0 Å². The molecule has 83 heavy (non-hydrogen) atoms. The molecule has 0 spiro atoms. The standard InChI is InChI=1S/C72H56N8O3/c1-45-7-19-52(20-8-45)78(53-21-9-46(2)10-22-53)69-63-37-35-61(74-63)60(34-33-58-31-32-59(83-58)43-51(44-73)72(81)82)62-36-38-64(75-62)70(79(54-23-11-47(3)12-24-54)55-25-13-48(4)14-26-55)66-40-42-68(77-66)71(67-41-39-65(69)76-67)80(56-27-15-49(5)16-28-56)57-29-17-50(6)18-30-57/h7-32,35-43,74,77H,1-6H3,(H,81,82)/b51-43-,61-60?,62-60?,69-63?,69-65?,70-64?,70-66?,71-67?,71-68?. The summed E-state index contributed by atoms with van der Waals surface area (Å²) in [5, 5.41) is 19.1. The quantitative estimate of drug-likeness (QED) is 0.0656. The number of fused-ring (bicyclic) bond motifs is 8. The summed E-state index contributed by atoms with van der Waals surface area (Å²) < 4.78 is 6.03. The second-order valence-electron chi connectivity index (χ2n) is 20.9. The molecule has 402 valence electrons. The number of nitrogens with zero attached hydrogens (tertiary/aromatic N) is 6. The molecular formula is C72H56N8O3. The normalized spacial score (nSPS) is 11.7. The lowest BCUT2D eigenvalue weighted by atomic mass is 10.1. The van der Waals surface area contributed by atoms with Gasteiger partial charge in [0, 0.05) is 40.2 Å². The van der Waals surface area contributed by atoms with Crippen molar-refractivity contribution in [1.29, 1.82) is 5.26 Å². The van der Waals surface area contributed by atoms with Crippen molar-refractivity contribution in [3.63, 3.8) is 0 Å². The fourth-order valence-electron chi connectivity index (χ4n) is 10.3. The van der Waals surface area contributed by atoms with Crippen LogP contribution in [0.4, 0.5) is 51.2 Å². The lowest BCUT2D eigenvalue weighted by Gasteiger charge is -2.27. The van der Waals surface area contributed by atoms with Gasteiger partial charge in [0.25, 0.3) is 0 Å². The maximum Gasteiger partial charge on any atom is 0.346 e. The molecule has 0 aliphatic carbocycles. The van der Waals surface area contributed by atoms with Gasteiger partial charge in [0.2, 0.25) is 0 Å². The number of carboxylic acids is 1. The van der Waals surface area contributed by atoms with Crippen LogP contribution in [-0.4, -0.2) is 31.0 Å². The van der Waals surface area contributed by atoms with Gasteiger partial charge in [-0.3, -0.25) is 0 Å². The number of aryl methyl sites for hydroxylation is 6. The summed E-state index contributed by atoms with van der Waals surface area (Å²) in [4.78, 5) is 37.7. The Balaban J connectivity index is 1.24. The number of aliphatic carboxylic acids is 1. The largest absolute Gasteiger partial charge is 0.477 e. The average Bonchev–Trinajstić information content (AvgIpc) is 3.96. The average molecular weight is 1080 g/mol. The number of aromatic amines is 2. The number of hydrogen-bond acceptors (Lipinski definition) is 8. The van der Waals surface area contributed by atoms with Crippen molar-refractivity contribution in [2.24, 2.45) is 0 Å². The minimum atomic E-state index is -1.36. The van der Waals surface area contributed by atoms with E-state index in [1.807, 2.05) is 18.2 Å². The van der Waals surface area contributed by atoms with E-state index >= 15 is 0 Å². The van der Waals surface area contributed by atoms with Crippen LogP contribution in [0.2, 0.25) is 0 Å². The summed E-state index contributed by atoms with van der Waals surface area (Å²) >= 11 is 0. The van der Waals surface area contributed by atoms with Crippen LogP contribution in [0.3, 0.4) is 0 Å². The van der Waals surface area contributed by atoms with Crippen molar-refractivity contribution in [3.8, 4) is 17.9 Å². The lowest BCUT2D eigenvalue weighted by Crippen LogP contribution is -2.13. The zero-order chi connectivity index (χ0) is 57.3. The van der Waals surface area contributed by atoms with Crippen LogP contribution >= 0.6 is 0 Å². The number of hydrogen-bond donors (Lipinski definition) is 3. The van der Waals surface area contributed by atoms with Crippen molar-refractivity contribution < 1.29 is 14.3 Å². The van der Waals surface area contributed by atoms with E-state index in [9.17, 15) is 15.2 Å².